The van der Waals surface area contributed by atoms with E-state index in [1.807, 2.05) is 62.4 Å². The lowest BCUT2D eigenvalue weighted by molar-refractivity contribution is 0.0953. The molecule has 27 heavy (non-hydrogen) atoms. The fraction of sp³-hybridized carbons (Fsp3) is 0.136. The van der Waals surface area contributed by atoms with E-state index in [0.29, 0.717) is 6.54 Å². The van der Waals surface area contributed by atoms with Crippen molar-refractivity contribution >= 4 is 12.1 Å². The standard InChI is InChI=1S/C22H21N3O2/c1-16-6-3-8-18(12-16)14-23-24-21(26)20-10-5-11-25(22(20)27)15-19-9-4-7-17(2)13-19/h3-14H,15H2,1-2H3,(H,24,26)/b23-14-. The average Bonchev–Trinajstić information content (AvgIpc) is 2.63. The van der Waals surface area contributed by atoms with Gasteiger partial charge in [0.2, 0.25) is 0 Å². The van der Waals surface area contributed by atoms with Gasteiger partial charge in [0.25, 0.3) is 11.5 Å². The number of pyridine rings is 1. The third-order valence-corrected chi connectivity index (χ3v) is 4.12. The summed E-state index contributed by atoms with van der Waals surface area (Å²) in [6.07, 6.45) is 3.23. The Bertz CT molecular complexity index is 1050. The van der Waals surface area contributed by atoms with E-state index in [9.17, 15) is 9.59 Å². The van der Waals surface area contributed by atoms with Gasteiger partial charge in [0.15, 0.2) is 0 Å². The molecule has 136 valence electrons. The van der Waals surface area contributed by atoms with Gasteiger partial charge in [-0.15, -0.1) is 0 Å². The van der Waals surface area contributed by atoms with Crippen LogP contribution in [0.2, 0.25) is 0 Å². The molecule has 0 aliphatic heterocycles. The Kier molecular flexibility index (Phi) is 5.61. The van der Waals surface area contributed by atoms with Crippen molar-refractivity contribution in [1.82, 2.24) is 9.99 Å². The molecule has 1 heterocycles. The van der Waals surface area contributed by atoms with E-state index < -0.39 is 5.91 Å². The summed E-state index contributed by atoms with van der Waals surface area (Å²) in [4.78, 5) is 25.0. The van der Waals surface area contributed by atoms with E-state index in [4.69, 9.17) is 0 Å². The van der Waals surface area contributed by atoms with Crippen molar-refractivity contribution in [3.8, 4) is 0 Å². The van der Waals surface area contributed by atoms with E-state index in [-0.39, 0.29) is 11.1 Å². The van der Waals surface area contributed by atoms with Crippen molar-refractivity contribution in [3.05, 3.63) is 105 Å². The highest BCUT2D eigenvalue weighted by Gasteiger charge is 2.11. The van der Waals surface area contributed by atoms with Crippen molar-refractivity contribution in [2.75, 3.05) is 0 Å². The number of aryl methyl sites for hydroxylation is 2. The molecule has 0 aliphatic rings. The first kappa shape index (κ1) is 18.3. The van der Waals surface area contributed by atoms with Gasteiger partial charge in [0.05, 0.1) is 12.8 Å². The van der Waals surface area contributed by atoms with Gasteiger partial charge < -0.3 is 4.57 Å². The number of carbonyl (C=O) groups excluding carboxylic acids is 1. The SMILES string of the molecule is Cc1cccc(/C=N\NC(=O)c2cccn(Cc3cccc(C)c3)c2=O)c1. The van der Waals surface area contributed by atoms with Crippen LogP contribution in [0.25, 0.3) is 0 Å². The van der Waals surface area contributed by atoms with Crippen LogP contribution in [0.3, 0.4) is 0 Å². The van der Waals surface area contributed by atoms with Gasteiger partial charge in [0, 0.05) is 6.20 Å². The number of nitrogens with one attached hydrogen (secondary N) is 1. The second-order valence-electron chi connectivity index (χ2n) is 6.46. The first-order valence-corrected chi connectivity index (χ1v) is 8.68. The van der Waals surface area contributed by atoms with Crippen molar-refractivity contribution in [3.63, 3.8) is 0 Å². The number of benzene rings is 2. The Morgan fingerprint density at radius 2 is 1.78 bits per heavy atom. The summed E-state index contributed by atoms with van der Waals surface area (Å²) < 4.78 is 1.52. The van der Waals surface area contributed by atoms with Gasteiger partial charge in [-0.2, -0.15) is 5.10 Å². The normalized spacial score (nSPS) is 10.9. The summed E-state index contributed by atoms with van der Waals surface area (Å²) in [6, 6.07) is 18.9. The topological polar surface area (TPSA) is 63.5 Å². The minimum Gasteiger partial charge on any atom is -0.310 e. The molecule has 0 spiro atoms. The summed E-state index contributed by atoms with van der Waals surface area (Å²) in [5.41, 5.74) is 6.25. The number of hydrogen-bond acceptors (Lipinski definition) is 3. The number of aromatic nitrogens is 1. The molecule has 1 N–H and O–H groups in total. The molecule has 0 radical (unpaired) electrons. The van der Waals surface area contributed by atoms with E-state index in [1.165, 1.54) is 10.6 Å². The summed E-state index contributed by atoms with van der Waals surface area (Å²) in [6.45, 7) is 4.40. The first-order chi connectivity index (χ1) is 13.0. The van der Waals surface area contributed by atoms with Crippen molar-refractivity contribution in [1.29, 1.82) is 0 Å². The zero-order valence-electron chi connectivity index (χ0n) is 15.3. The van der Waals surface area contributed by atoms with Crippen molar-refractivity contribution in [2.45, 2.75) is 20.4 Å². The summed E-state index contributed by atoms with van der Waals surface area (Å²) >= 11 is 0. The maximum Gasteiger partial charge on any atom is 0.276 e. The van der Waals surface area contributed by atoms with Crippen LogP contribution in [-0.2, 0) is 6.54 Å². The number of carbonyl (C=O) groups is 1. The molecular formula is C22H21N3O2. The number of hydrazone groups is 1. The predicted molar refractivity (Wildman–Crippen MR) is 107 cm³/mol. The van der Waals surface area contributed by atoms with Crippen LogP contribution in [0.4, 0.5) is 0 Å². The molecule has 1 amide bonds. The van der Waals surface area contributed by atoms with Gasteiger partial charge in [-0.1, -0.05) is 59.7 Å². The molecule has 1 aromatic heterocycles. The molecule has 0 saturated heterocycles. The Balaban J connectivity index is 1.74. The monoisotopic (exact) mass is 359 g/mol. The molecular weight excluding hydrogens is 338 g/mol. The fourth-order valence-corrected chi connectivity index (χ4v) is 2.82. The van der Waals surface area contributed by atoms with E-state index in [0.717, 1.165) is 22.3 Å². The largest absolute Gasteiger partial charge is 0.310 e. The highest BCUT2D eigenvalue weighted by molar-refractivity contribution is 5.94. The summed E-state index contributed by atoms with van der Waals surface area (Å²) in [7, 11) is 0. The lowest BCUT2D eigenvalue weighted by Crippen LogP contribution is -2.30. The second kappa shape index (κ2) is 8.27. The predicted octanol–water partition coefficient (Wildman–Crippen LogP) is 3.28. The summed E-state index contributed by atoms with van der Waals surface area (Å²) in [5, 5.41) is 3.95. The van der Waals surface area contributed by atoms with Crippen molar-refractivity contribution in [2.24, 2.45) is 5.10 Å². The highest BCUT2D eigenvalue weighted by atomic mass is 16.2. The third-order valence-electron chi connectivity index (χ3n) is 4.12. The highest BCUT2D eigenvalue weighted by Crippen LogP contribution is 2.06. The third kappa shape index (κ3) is 4.79. The number of amides is 1. The Morgan fingerprint density at radius 1 is 1.04 bits per heavy atom. The van der Waals surface area contributed by atoms with E-state index in [1.54, 1.807) is 18.5 Å². The molecule has 3 aromatic rings. The van der Waals surface area contributed by atoms with Crippen LogP contribution >= 0.6 is 0 Å². The maximum atomic E-state index is 12.6. The Labute approximate surface area is 158 Å². The summed E-state index contributed by atoms with van der Waals surface area (Å²) in [5.74, 6) is -0.525. The molecule has 0 aliphatic carbocycles. The smallest absolute Gasteiger partial charge is 0.276 e. The van der Waals surface area contributed by atoms with Gasteiger partial charge in [-0.3, -0.25) is 9.59 Å². The van der Waals surface area contributed by atoms with Crippen LogP contribution in [0, 0.1) is 13.8 Å². The molecule has 5 nitrogen and oxygen atoms in total. The molecule has 3 rings (SSSR count). The first-order valence-electron chi connectivity index (χ1n) is 8.68. The fourth-order valence-electron chi connectivity index (χ4n) is 2.82. The van der Waals surface area contributed by atoms with Crippen LogP contribution in [0.5, 0.6) is 0 Å². The van der Waals surface area contributed by atoms with Crippen molar-refractivity contribution < 1.29 is 4.79 Å². The van der Waals surface area contributed by atoms with Gasteiger partial charge >= 0.3 is 0 Å². The van der Waals surface area contributed by atoms with Crippen LogP contribution in [-0.4, -0.2) is 16.7 Å². The number of nitrogens with zero attached hydrogens (tertiary/aromatic N) is 2. The second-order valence-corrected chi connectivity index (χ2v) is 6.46. The Morgan fingerprint density at radius 3 is 2.52 bits per heavy atom. The minimum atomic E-state index is -0.525. The molecule has 0 bridgehead atoms. The molecule has 5 heteroatoms. The molecule has 0 unspecified atom stereocenters. The van der Waals surface area contributed by atoms with E-state index >= 15 is 0 Å². The van der Waals surface area contributed by atoms with Crippen LogP contribution in [0.15, 0.2) is 76.8 Å². The molecule has 0 saturated carbocycles. The molecule has 0 fully saturated rings. The lowest BCUT2D eigenvalue weighted by atomic mass is 10.1. The molecule has 0 atom stereocenters. The lowest BCUT2D eigenvalue weighted by Gasteiger charge is -2.08. The quantitative estimate of drug-likeness (QED) is 0.561. The van der Waals surface area contributed by atoms with Gasteiger partial charge in [-0.25, -0.2) is 5.43 Å². The number of rotatable bonds is 5. The van der Waals surface area contributed by atoms with Crippen LogP contribution in [0.1, 0.15) is 32.6 Å². The van der Waals surface area contributed by atoms with Gasteiger partial charge in [-0.05, 0) is 37.1 Å². The number of hydrogen-bond donors (Lipinski definition) is 1. The minimum absolute atomic E-state index is 0.0616. The zero-order valence-corrected chi connectivity index (χ0v) is 15.3. The van der Waals surface area contributed by atoms with Gasteiger partial charge in [0.1, 0.15) is 5.56 Å². The average molecular weight is 359 g/mol. The van der Waals surface area contributed by atoms with E-state index in [2.05, 4.69) is 10.5 Å². The molecule has 2 aromatic carbocycles. The maximum absolute atomic E-state index is 12.6. The Hall–Kier alpha value is -3.47. The van der Waals surface area contributed by atoms with Crippen LogP contribution < -0.4 is 11.0 Å². The zero-order chi connectivity index (χ0) is 19.2.